The van der Waals surface area contributed by atoms with Crippen molar-refractivity contribution < 1.29 is 0 Å². The molecule has 63 heavy (non-hydrogen) atoms. The summed E-state index contributed by atoms with van der Waals surface area (Å²) in [5.74, 6) is 1.37. The number of rotatable bonds is 6. The van der Waals surface area contributed by atoms with E-state index >= 15 is 0 Å². The molecular weight excluding hydrogens is 781 g/mol. The van der Waals surface area contributed by atoms with Gasteiger partial charge in [-0.1, -0.05) is 54.6 Å². The average Bonchev–Trinajstić information content (AvgIpc) is 4.07. The molecule has 0 bridgehead atoms. The highest BCUT2D eigenvalue weighted by Crippen LogP contribution is 2.44. The van der Waals surface area contributed by atoms with Crippen molar-refractivity contribution in [3.05, 3.63) is 179 Å². The van der Waals surface area contributed by atoms with Crippen LogP contribution in [0.25, 0.3) is 84.3 Å². The molecule has 288 valence electrons. The number of fused-ring (bicyclic) bond motifs is 6. The second-order valence-corrected chi connectivity index (χ2v) is 14.4. The summed E-state index contributed by atoms with van der Waals surface area (Å²) < 4.78 is 5.97. The number of hydrogen-bond donors (Lipinski definition) is 0. The molecule has 0 saturated carbocycles. The van der Waals surface area contributed by atoms with Crippen LogP contribution >= 0.6 is 0 Å². The van der Waals surface area contributed by atoms with E-state index in [0.29, 0.717) is 67.3 Å². The zero-order valence-corrected chi connectivity index (χ0v) is 32.7. The summed E-state index contributed by atoms with van der Waals surface area (Å²) in [5.41, 5.74) is 8.41. The number of para-hydroxylation sites is 3. The van der Waals surface area contributed by atoms with Gasteiger partial charge in [-0.15, -0.1) is 0 Å². The van der Waals surface area contributed by atoms with E-state index in [0.717, 1.165) is 17.1 Å². The van der Waals surface area contributed by atoms with Crippen LogP contribution in [0.15, 0.2) is 146 Å². The Balaban J connectivity index is 1.49. The molecule has 0 radical (unpaired) electrons. The largest absolute Gasteiger partial charge is 0.290 e. The van der Waals surface area contributed by atoms with Gasteiger partial charge in [-0.05, 0) is 91.0 Å². The first kappa shape index (κ1) is 37.2. The molecule has 0 unspecified atom stereocenters. The highest BCUT2D eigenvalue weighted by Gasteiger charge is 2.31. The molecule has 12 heteroatoms. The number of nitriles is 6. The molecule has 0 aliphatic heterocycles. The van der Waals surface area contributed by atoms with Crippen LogP contribution in [0.5, 0.6) is 0 Å². The van der Waals surface area contributed by atoms with Gasteiger partial charge in [0.15, 0.2) is 0 Å². The standard InChI is InChI=1S/C51H24N12/c52-25-34-19-16-31(22-37(34)28-55)49-58-43-46(61(49)40-10-4-1-5-11-40)44-48(63(42-14-8-3-9-15-42)50(59-44)32-17-20-35(26-53)38(23-32)29-56)45-47(43)62(41-12-6-2-7-13-41)51(60-45)33-18-21-36(27-54)39(24-33)30-57/h1-24H. The lowest BCUT2D eigenvalue weighted by Crippen LogP contribution is -2.00. The predicted octanol–water partition coefficient (Wildman–Crippen LogP) is 9.93. The van der Waals surface area contributed by atoms with Crippen LogP contribution in [0.1, 0.15) is 33.4 Å². The van der Waals surface area contributed by atoms with E-state index in [-0.39, 0.29) is 33.4 Å². The molecule has 0 aliphatic carbocycles. The Labute approximate surface area is 358 Å². The third kappa shape index (κ3) is 5.83. The Kier molecular flexibility index (Phi) is 8.81. The highest BCUT2D eigenvalue weighted by molar-refractivity contribution is 6.22. The summed E-state index contributed by atoms with van der Waals surface area (Å²) in [5, 5.41) is 60.1. The Morgan fingerprint density at radius 2 is 0.556 bits per heavy atom. The Morgan fingerprint density at radius 1 is 0.302 bits per heavy atom. The van der Waals surface area contributed by atoms with E-state index < -0.39 is 0 Å². The molecule has 7 aromatic carbocycles. The average molecular weight is 805 g/mol. The maximum atomic E-state index is 10.2. The first-order valence-electron chi connectivity index (χ1n) is 19.4. The smallest absolute Gasteiger partial charge is 0.145 e. The first-order chi connectivity index (χ1) is 31.0. The topological polar surface area (TPSA) is 196 Å². The van der Waals surface area contributed by atoms with Gasteiger partial charge in [0.1, 0.15) is 87.0 Å². The van der Waals surface area contributed by atoms with E-state index in [4.69, 9.17) is 15.0 Å². The van der Waals surface area contributed by atoms with Crippen LogP contribution in [-0.2, 0) is 0 Å². The van der Waals surface area contributed by atoms with Crippen molar-refractivity contribution in [3.63, 3.8) is 0 Å². The van der Waals surface area contributed by atoms with Gasteiger partial charge in [-0.25, -0.2) is 15.0 Å². The minimum atomic E-state index is 0.187. The SMILES string of the molecule is N#Cc1ccc(-c2nc3c(c4nc(-c5ccc(C#N)c(C#N)c5)n(-c5ccccc5)c4c4nc(-c5ccc(C#N)c(C#N)c5)n(-c5ccccc5)c34)n2-c2ccccc2)cc1C#N. The van der Waals surface area contributed by atoms with Crippen molar-refractivity contribution >= 4 is 33.1 Å². The predicted molar refractivity (Wildman–Crippen MR) is 235 cm³/mol. The van der Waals surface area contributed by atoms with E-state index in [2.05, 4.69) is 36.4 Å². The Bertz CT molecular complexity index is 3370. The van der Waals surface area contributed by atoms with Crippen LogP contribution in [0.3, 0.4) is 0 Å². The van der Waals surface area contributed by atoms with Gasteiger partial charge in [-0.3, -0.25) is 13.7 Å². The second-order valence-electron chi connectivity index (χ2n) is 14.4. The fourth-order valence-electron chi connectivity index (χ4n) is 8.10. The van der Waals surface area contributed by atoms with Crippen molar-refractivity contribution in [2.45, 2.75) is 0 Å². The summed E-state index contributed by atoms with van der Waals surface area (Å²) in [6.07, 6.45) is 0. The summed E-state index contributed by atoms with van der Waals surface area (Å²) >= 11 is 0. The number of hydrogen-bond acceptors (Lipinski definition) is 9. The molecule has 0 saturated heterocycles. The van der Waals surface area contributed by atoms with Crippen LogP contribution in [-0.4, -0.2) is 28.7 Å². The molecule has 10 aromatic rings. The summed E-state index contributed by atoms with van der Waals surface area (Å²) in [7, 11) is 0. The molecule has 12 nitrogen and oxygen atoms in total. The number of aromatic nitrogens is 6. The third-order valence-corrected chi connectivity index (χ3v) is 10.9. The molecular formula is C51H24N12. The number of imidazole rings is 3. The van der Waals surface area contributed by atoms with Crippen LogP contribution in [0, 0.1) is 68.0 Å². The molecule has 3 heterocycles. The van der Waals surface area contributed by atoms with Gasteiger partial charge in [-0.2, -0.15) is 31.6 Å². The molecule has 0 fully saturated rings. The van der Waals surface area contributed by atoms with Gasteiger partial charge in [0, 0.05) is 33.8 Å². The van der Waals surface area contributed by atoms with Crippen molar-refractivity contribution in [2.75, 3.05) is 0 Å². The second kappa shape index (κ2) is 14.9. The molecule has 3 aromatic heterocycles. The number of nitrogens with zero attached hydrogens (tertiary/aromatic N) is 12. The highest BCUT2D eigenvalue weighted by atomic mass is 15.2. The maximum absolute atomic E-state index is 10.2. The van der Waals surface area contributed by atoms with Crippen molar-refractivity contribution in [3.8, 4) is 87.6 Å². The molecule has 10 rings (SSSR count). The lowest BCUT2D eigenvalue weighted by atomic mass is 10.1. The third-order valence-electron chi connectivity index (χ3n) is 10.9. The maximum Gasteiger partial charge on any atom is 0.145 e. The van der Waals surface area contributed by atoms with Gasteiger partial charge in [0.25, 0.3) is 0 Å². The quantitative estimate of drug-likeness (QED) is 0.157. The van der Waals surface area contributed by atoms with Crippen LogP contribution < -0.4 is 0 Å². The molecule has 0 N–H and O–H groups in total. The minimum absolute atomic E-state index is 0.187. The summed E-state index contributed by atoms with van der Waals surface area (Å²) in [6, 6.07) is 56.8. The fraction of sp³-hybridized carbons (Fsp3) is 0. The molecule has 0 amide bonds. The minimum Gasteiger partial charge on any atom is -0.290 e. The zero-order chi connectivity index (χ0) is 43.2. The van der Waals surface area contributed by atoms with Crippen molar-refractivity contribution in [2.24, 2.45) is 0 Å². The normalized spacial score (nSPS) is 10.8. The monoisotopic (exact) mass is 804 g/mol. The van der Waals surface area contributed by atoms with Crippen LogP contribution in [0.2, 0.25) is 0 Å². The summed E-state index contributed by atoms with van der Waals surface area (Å²) in [6.45, 7) is 0. The van der Waals surface area contributed by atoms with Crippen molar-refractivity contribution in [1.82, 2.24) is 28.7 Å². The first-order valence-corrected chi connectivity index (χ1v) is 19.4. The summed E-state index contributed by atoms with van der Waals surface area (Å²) in [4.78, 5) is 16.3. The van der Waals surface area contributed by atoms with E-state index in [1.165, 1.54) is 0 Å². The van der Waals surface area contributed by atoms with E-state index in [1.54, 1.807) is 54.6 Å². The van der Waals surface area contributed by atoms with E-state index in [1.807, 2.05) is 105 Å². The zero-order valence-electron chi connectivity index (χ0n) is 32.7. The molecule has 0 spiro atoms. The van der Waals surface area contributed by atoms with E-state index in [9.17, 15) is 31.6 Å². The van der Waals surface area contributed by atoms with Gasteiger partial charge in [0.05, 0.1) is 33.4 Å². The lowest BCUT2D eigenvalue weighted by Gasteiger charge is -2.12. The molecule has 0 atom stereocenters. The molecule has 0 aliphatic rings. The van der Waals surface area contributed by atoms with Gasteiger partial charge in [0.2, 0.25) is 0 Å². The van der Waals surface area contributed by atoms with Gasteiger partial charge < -0.3 is 0 Å². The van der Waals surface area contributed by atoms with Crippen LogP contribution in [0.4, 0.5) is 0 Å². The number of benzene rings is 7. The van der Waals surface area contributed by atoms with Gasteiger partial charge >= 0.3 is 0 Å². The van der Waals surface area contributed by atoms with Crippen molar-refractivity contribution in [1.29, 1.82) is 31.6 Å². The fourth-order valence-corrected chi connectivity index (χ4v) is 8.10. The Hall–Kier alpha value is -10.1. The lowest BCUT2D eigenvalue weighted by molar-refractivity contribution is 1.10. The Morgan fingerprint density at radius 3 is 0.794 bits per heavy atom.